The standard InChI is InChI=1S/C26H30FN5/c27-19-10-8-18(9-11-19)24-25(22-14-15-28-26(30-22)29-20-6-3-7-20)32-21(12-13-23(32)31-24)16-17-4-1-2-5-17/h8-11,14-15,17,20-21H,1-7,12-13,16H2,(H,28,29,30). The van der Waals surface area contributed by atoms with Crippen molar-refractivity contribution in [2.45, 2.75) is 76.3 Å². The molecule has 0 radical (unpaired) electrons. The zero-order valence-electron chi connectivity index (χ0n) is 18.4. The predicted octanol–water partition coefficient (Wildman–Crippen LogP) is 6.18. The number of anilines is 1. The average molecular weight is 432 g/mol. The number of rotatable bonds is 6. The highest BCUT2D eigenvalue weighted by molar-refractivity contribution is 5.78. The molecule has 1 aromatic carbocycles. The van der Waals surface area contributed by atoms with Crippen LogP contribution in [0, 0.1) is 11.7 Å². The third-order valence-corrected chi connectivity index (χ3v) is 7.58. The second-order valence-corrected chi connectivity index (χ2v) is 9.72. The van der Waals surface area contributed by atoms with E-state index >= 15 is 0 Å². The zero-order valence-corrected chi connectivity index (χ0v) is 18.4. The topological polar surface area (TPSA) is 55.6 Å². The molecule has 2 fully saturated rings. The smallest absolute Gasteiger partial charge is 0.223 e. The first-order chi connectivity index (χ1) is 15.7. The number of aromatic nitrogens is 4. The van der Waals surface area contributed by atoms with Crippen molar-refractivity contribution in [1.29, 1.82) is 0 Å². The van der Waals surface area contributed by atoms with Crippen molar-refractivity contribution in [2.24, 2.45) is 5.92 Å². The number of hydrogen-bond acceptors (Lipinski definition) is 4. The van der Waals surface area contributed by atoms with Crippen LogP contribution in [0.2, 0.25) is 0 Å². The van der Waals surface area contributed by atoms with Crippen LogP contribution in [0.1, 0.15) is 69.7 Å². The van der Waals surface area contributed by atoms with Crippen molar-refractivity contribution in [3.8, 4) is 22.6 Å². The quantitative estimate of drug-likeness (QED) is 0.506. The molecule has 1 atom stereocenters. The number of nitrogens with one attached hydrogen (secondary N) is 1. The minimum Gasteiger partial charge on any atom is -0.351 e. The van der Waals surface area contributed by atoms with Gasteiger partial charge < -0.3 is 9.88 Å². The molecule has 0 amide bonds. The van der Waals surface area contributed by atoms with Gasteiger partial charge in [-0.05, 0) is 68.4 Å². The minimum absolute atomic E-state index is 0.227. The number of nitrogens with zero attached hydrogens (tertiary/aromatic N) is 4. The lowest BCUT2D eigenvalue weighted by Gasteiger charge is -2.26. The third kappa shape index (κ3) is 3.70. The predicted molar refractivity (Wildman–Crippen MR) is 124 cm³/mol. The third-order valence-electron chi connectivity index (χ3n) is 7.58. The van der Waals surface area contributed by atoms with Gasteiger partial charge in [-0.15, -0.1) is 0 Å². The molecule has 6 rings (SSSR count). The molecule has 3 aromatic rings. The van der Waals surface area contributed by atoms with Gasteiger partial charge in [0.05, 0.1) is 17.1 Å². The molecule has 1 aliphatic heterocycles. The number of benzene rings is 1. The Morgan fingerprint density at radius 3 is 2.50 bits per heavy atom. The molecule has 0 saturated heterocycles. The Labute approximate surface area is 188 Å². The van der Waals surface area contributed by atoms with Crippen LogP contribution in [0.3, 0.4) is 0 Å². The molecule has 166 valence electrons. The number of halogens is 1. The maximum Gasteiger partial charge on any atom is 0.223 e. The van der Waals surface area contributed by atoms with E-state index < -0.39 is 0 Å². The molecule has 2 aliphatic carbocycles. The fourth-order valence-corrected chi connectivity index (χ4v) is 5.68. The molecule has 5 nitrogen and oxygen atoms in total. The summed E-state index contributed by atoms with van der Waals surface area (Å²) in [6, 6.07) is 9.63. The van der Waals surface area contributed by atoms with Gasteiger partial charge >= 0.3 is 0 Å². The summed E-state index contributed by atoms with van der Waals surface area (Å²) < 4.78 is 16.1. The van der Waals surface area contributed by atoms with Gasteiger partial charge in [0, 0.05) is 30.3 Å². The largest absolute Gasteiger partial charge is 0.351 e. The average Bonchev–Trinajstić information content (AvgIpc) is 3.50. The number of imidazole rings is 1. The Hall–Kier alpha value is -2.76. The van der Waals surface area contributed by atoms with E-state index in [0.29, 0.717) is 18.0 Å². The van der Waals surface area contributed by atoms with Crippen molar-refractivity contribution in [2.75, 3.05) is 5.32 Å². The molecule has 32 heavy (non-hydrogen) atoms. The maximum atomic E-state index is 13.6. The van der Waals surface area contributed by atoms with Crippen LogP contribution in [-0.4, -0.2) is 25.6 Å². The van der Waals surface area contributed by atoms with Crippen molar-refractivity contribution >= 4 is 5.95 Å². The van der Waals surface area contributed by atoms with Crippen molar-refractivity contribution in [3.63, 3.8) is 0 Å². The maximum absolute atomic E-state index is 13.6. The highest BCUT2D eigenvalue weighted by Crippen LogP contribution is 2.43. The van der Waals surface area contributed by atoms with Gasteiger partial charge in [0.2, 0.25) is 5.95 Å². The van der Waals surface area contributed by atoms with E-state index in [2.05, 4.69) is 14.9 Å². The highest BCUT2D eigenvalue weighted by atomic mass is 19.1. The van der Waals surface area contributed by atoms with E-state index in [1.54, 1.807) is 0 Å². The van der Waals surface area contributed by atoms with E-state index in [0.717, 1.165) is 47.2 Å². The summed E-state index contributed by atoms with van der Waals surface area (Å²) in [6.07, 6.45) is 14.3. The van der Waals surface area contributed by atoms with Crippen LogP contribution in [-0.2, 0) is 6.42 Å². The Kier molecular flexibility index (Phi) is 5.16. The van der Waals surface area contributed by atoms with Gasteiger partial charge in [0.15, 0.2) is 0 Å². The van der Waals surface area contributed by atoms with Gasteiger partial charge in [-0.1, -0.05) is 25.7 Å². The minimum atomic E-state index is -0.227. The fraction of sp³-hybridized carbons (Fsp3) is 0.500. The van der Waals surface area contributed by atoms with Gasteiger partial charge in [-0.25, -0.2) is 19.3 Å². The van der Waals surface area contributed by atoms with E-state index in [4.69, 9.17) is 9.97 Å². The molecule has 3 heterocycles. The van der Waals surface area contributed by atoms with Crippen LogP contribution in [0.5, 0.6) is 0 Å². The van der Waals surface area contributed by atoms with E-state index in [9.17, 15) is 4.39 Å². The Balaban J connectivity index is 1.43. The molecule has 2 saturated carbocycles. The van der Waals surface area contributed by atoms with Crippen molar-refractivity contribution in [1.82, 2.24) is 19.5 Å². The lowest BCUT2D eigenvalue weighted by molar-refractivity contribution is 0.382. The van der Waals surface area contributed by atoms with Gasteiger partial charge in [0.1, 0.15) is 11.6 Å². The Bertz CT molecular complexity index is 1100. The summed E-state index contributed by atoms with van der Waals surface area (Å²) in [7, 11) is 0. The summed E-state index contributed by atoms with van der Waals surface area (Å²) in [5.74, 6) is 2.42. The van der Waals surface area contributed by atoms with Crippen molar-refractivity contribution < 1.29 is 4.39 Å². The number of fused-ring (bicyclic) bond motifs is 1. The molecule has 0 bridgehead atoms. The second kappa shape index (κ2) is 8.30. The van der Waals surface area contributed by atoms with Crippen LogP contribution < -0.4 is 5.32 Å². The van der Waals surface area contributed by atoms with E-state index in [1.165, 1.54) is 63.5 Å². The summed E-state index contributed by atoms with van der Waals surface area (Å²) in [5, 5.41) is 3.48. The first kappa shape index (κ1) is 19.9. The lowest BCUT2D eigenvalue weighted by Crippen LogP contribution is -2.28. The summed E-state index contributed by atoms with van der Waals surface area (Å²) in [5.41, 5.74) is 3.81. The van der Waals surface area contributed by atoms with Crippen molar-refractivity contribution in [3.05, 3.63) is 48.2 Å². The molecule has 2 aromatic heterocycles. The van der Waals surface area contributed by atoms with Crippen LogP contribution in [0.25, 0.3) is 22.6 Å². The van der Waals surface area contributed by atoms with Gasteiger partial charge in [-0.3, -0.25) is 0 Å². The van der Waals surface area contributed by atoms with E-state index in [-0.39, 0.29) is 5.82 Å². The molecular weight excluding hydrogens is 401 g/mol. The summed E-state index contributed by atoms with van der Waals surface area (Å²) in [6.45, 7) is 0. The normalized spacial score (nSPS) is 21.0. The molecule has 1 N–H and O–H groups in total. The first-order valence-corrected chi connectivity index (χ1v) is 12.2. The molecule has 6 heteroatoms. The van der Waals surface area contributed by atoms with Gasteiger partial charge in [0.25, 0.3) is 0 Å². The van der Waals surface area contributed by atoms with Crippen LogP contribution in [0.15, 0.2) is 36.5 Å². The SMILES string of the molecule is Fc1ccc(-c2nc3n(c2-c2ccnc(NC4CCC4)n2)C(CC2CCCC2)CC3)cc1. The second-order valence-electron chi connectivity index (χ2n) is 9.72. The van der Waals surface area contributed by atoms with Crippen LogP contribution >= 0.6 is 0 Å². The highest BCUT2D eigenvalue weighted by Gasteiger charge is 2.33. The van der Waals surface area contributed by atoms with Gasteiger partial charge in [-0.2, -0.15) is 0 Å². The number of aryl methyl sites for hydroxylation is 1. The molecule has 0 spiro atoms. The monoisotopic (exact) mass is 431 g/mol. The summed E-state index contributed by atoms with van der Waals surface area (Å²) >= 11 is 0. The molecular formula is C26H30FN5. The Morgan fingerprint density at radius 2 is 1.75 bits per heavy atom. The summed E-state index contributed by atoms with van der Waals surface area (Å²) in [4.78, 5) is 14.5. The lowest BCUT2D eigenvalue weighted by atomic mass is 9.93. The number of hydrogen-bond donors (Lipinski definition) is 1. The molecule has 3 aliphatic rings. The Morgan fingerprint density at radius 1 is 0.938 bits per heavy atom. The first-order valence-electron chi connectivity index (χ1n) is 12.2. The fourth-order valence-electron chi connectivity index (χ4n) is 5.68. The molecule has 1 unspecified atom stereocenters. The van der Waals surface area contributed by atoms with Crippen LogP contribution in [0.4, 0.5) is 10.3 Å². The zero-order chi connectivity index (χ0) is 21.5. The van der Waals surface area contributed by atoms with E-state index in [1.807, 2.05) is 24.4 Å².